The number of nitrogens with zero attached hydrogens (tertiary/aromatic N) is 2. The summed E-state index contributed by atoms with van der Waals surface area (Å²) in [6, 6.07) is 13.8. The maximum atomic E-state index is 13.0. The number of hydrogen-bond acceptors (Lipinski definition) is 3. The van der Waals surface area contributed by atoms with Gasteiger partial charge in [-0.1, -0.05) is 30.2 Å². The molecule has 0 bridgehead atoms. The van der Waals surface area contributed by atoms with Gasteiger partial charge in [0.2, 0.25) is 5.91 Å². The number of hydrogen-bond donors (Lipinski definition) is 0. The molecule has 1 amide bonds. The molecule has 0 spiro atoms. The van der Waals surface area contributed by atoms with Crippen molar-refractivity contribution in [2.24, 2.45) is 0 Å². The number of halogens is 1. The lowest BCUT2D eigenvalue weighted by atomic mass is 10.2. The lowest BCUT2D eigenvalue weighted by Gasteiger charge is -2.18. The highest BCUT2D eigenvalue weighted by molar-refractivity contribution is 7.19. The maximum absolute atomic E-state index is 13.0. The van der Waals surface area contributed by atoms with E-state index in [1.807, 2.05) is 24.3 Å². The van der Waals surface area contributed by atoms with E-state index in [0.29, 0.717) is 6.54 Å². The molecule has 0 N–H and O–H groups in total. The van der Waals surface area contributed by atoms with E-state index >= 15 is 0 Å². The molecule has 0 aliphatic carbocycles. The summed E-state index contributed by atoms with van der Waals surface area (Å²) in [4.78, 5) is 18.4. The fraction of sp³-hybridized carbons (Fsp3) is 0.100. The summed E-state index contributed by atoms with van der Waals surface area (Å²) in [7, 11) is 0. The Bertz CT molecular complexity index is 921. The number of carbonyl (C=O) groups is 1. The summed E-state index contributed by atoms with van der Waals surface area (Å²) in [6.45, 7) is 0.508. The van der Waals surface area contributed by atoms with Gasteiger partial charge in [-0.2, -0.15) is 0 Å². The number of benzene rings is 2. The van der Waals surface area contributed by atoms with Gasteiger partial charge in [-0.05, 0) is 35.9 Å². The van der Waals surface area contributed by atoms with Crippen molar-refractivity contribution in [3.8, 4) is 12.3 Å². The molecular weight excluding hydrogens is 335 g/mol. The third-order valence-electron chi connectivity index (χ3n) is 3.56. The molecule has 0 unspecified atom stereocenters. The number of amides is 1. The zero-order valence-electron chi connectivity index (χ0n) is 13.4. The van der Waals surface area contributed by atoms with Gasteiger partial charge in [0.25, 0.3) is 0 Å². The van der Waals surface area contributed by atoms with E-state index in [-0.39, 0.29) is 18.3 Å². The molecule has 5 heteroatoms. The van der Waals surface area contributed by atoms with Gasteiger partial charge in [0.1, 0.15) is 10.8 Å². The van der Waals surface area contributed by atoms with Gasteiger partial charge in [-0.3, -0.25) is 4.79 Å². The van der Waals surface area contributed by atoms with Crippen molar-refractivity contribution in [3.05, 3.63) is 71.0 Å². The van der Waals surface area contributed by atoms with Crippen LogP contribution in [0.25, 0.3) is 16.3 Å². The van der Waals surface area contributed by atoms with Crippen LogP contribution in [0.2, 0.25) is 0 Å². The van der Waals surface area contributed by atoms with Gasteiger partial charge in [-0.25, -0.2) is 9.37 Å². The zero-order chi connectivity index (χ0) is 17.6. The minimum absolute atomic E-state index is 0.181. The van der Waals surface area contributed by atoms with Gasteiger partial charge in [-0.15, -0.1) is 17.8 Å². The first-order valence-electron chi connectivity index (χ1n) is 7.66. The van der Waals surface area contributed by atoms with Crippen molar-refractivity contribution in [1.82, 2.24) is 9.88 Å². The van der Waals surface area contributed by atoms with Crippen LogP contribution in [0.4, 0.5) is 4.39 Å². The van der Waals surface area contributed by atoms with Crippen LogP contribution in [0.3, 0.4) is 0 Å². The minimum atomic E-state index is -0.311. The van der Waals surface area contributed by atoms with E-state index in [1.54, 1.807) is 18.2 Å². The fourth-order valence-electron chi connectivity index (χ4n) is 2.34. The molecule has 1 aromatic heterocycles. The van der Waals surface area contributed by atoms with Crippen LogP contribution in [0.15, 0.2) is 54.6 Å². The first-order valence-corrected chi connectivity index (χ1v) is 8.48. The number of thiazole rings is 1. The zero-order valence-corrected chi connectivity index (χ0v) is 14.2. The average Bonchev–Trinajstić information content (AvgIpc) is 3.04. The van der Waals surface area contributed by atoms with Crippen molar-refractivity contribution in [1.29, 1.82) is 0 Å². The summed E-state index contributed by atoms with van der Waals surface area (Å²) in [5.41, 5.74) is 1.73. The van der Waals surface area contributed by atoms with Crippen LogP contribution < -0.4 is 0 Å². The molecule has 0 saturated heterocycles. The molecule has 25 heavy (non-hydrogen) atoms. The maximum Gasteiger partial charge on any atom is 0.247 e. The fourth-order valence-corrected chi connectivity index (χ4v) is 3.21. The summed E-state index contributed by atoms with van der Waals surface area (Å²) in [5.74, 6) is 1.97. The standard InChI is InChI=1S/C20H15FN2OS/c1-2-13-23(14-15-7-9-16(21)10-8-15)20(24)12-11-19-22-17-5-3-4-6-18(17)25-19/h1,3-12H,13-14H2/b12-11+. The molecule has 0 fully saturated rings. The molecule has 0 atom stereocenters. The second-order valence-corrected chi connectivity index (χ2v) is 6.44. The molecule has 124 valence electrons. The van der Waals surface area contributed by atoms with Gasteiger partial charge in [0, 0.05) is 12.6 Å². The highest BCUT2D eigenvalue weighted by atomic mass is 32.1. The normalized spacial score (nSPS) is 10.9. The molecule has 0 saturated carbocycles. The van der Waals surface area contributed by atoms with Gasteiger partial charge in [0.15, 0.2) is 0 Å². The largest absolute Gasteiger partial charge is 0.324 e. The molecule has 0 aliphatic heterocycles. The summed E-state index contributed by atoms with van der Waals surface area (Å²) >= 11 is 1.52. The monoisotopic (exact) mass is 350 g/mol. The Morgan fingerprint density at radius 1 is 1.24 bits per heavy atom. The Hall–Kier alpha value is -2.97. The van der Waals surface area contributed by atoms with Crippen LogP contribution in [0.1, 0.15) is 10.6 Å². The Kier molecular flexibility index (Phi) is 5.22. The van der Waals surface area contributed by atoms with E-state index in [4.69, 9.17) is 6.42 Å². The van der Waals surface area contributed by atoms with Gasteiger partial charge in [0.05, 0.1) is 16.8 Å². The lowest BCUT2D eigenvalue weighted by Crippen LogP contribution is -2.29. The molecule has 0 aliphatic rings. The molecule has 3 nitrogen and oxygen atoms in total. The highest BCUT2D eigenvalue weighted by Gasteiger charge is 2.11. The quantitative estimate of drug-likeness (QED) is 0.512. The Balaban J connectivity index is 1.73. The Labute approximate surface area is 149 Å². The topological polar surface area (TPSA) is 33.2 Å². The van der Waals surface area contributed by atoms with Crippen molar-refractivity contribution < 1.29 is 9.18 Å². The van der Waals surface area contributed by atoms with Crippen LogP contribution in [0.5, 0.6) is 0 Å². The van der Waals surface area contributed by atoms with Gasteiger partial charge < -0.3 is 4.90 Å². The first-order chi connectivity index (χ1) is 12.2. The highest BCUT2D eigenvalue weighted by Crippen LogP contribution is 2.22. The second-order valence-electron chi connectivity index (χ2n) is 5.38. The Morgan fingerprint density at radius 2 is 2.00 bits per heavy atom. The van der Waals surface area contributed by atoms with Gasteiger partial charge >= 0.3 is 0 Å². The number of fused-ring (bicyclic) bond motifs is 1. The van der Waals surface area contributed by atoms with E-state index in [2.05, 4.69) is 10.9 Å². The third kappa shape index (κ3) is 4.31. The number of rotatable bonds is 5. The predicted molar refractivity (Wildman–Crippen MR) is 99.3 cm³/mol. The summed E-state index contributed by atoms with van der Waals surface area (Å²) < 4.78 is 14.1. The number of para-hydroxylation sites is 1. The minimum Gasteiger partial charge on any atom is -0.324 e. The Morgan fingerprint density at radius 3 is 2.72 bits per heavy atom. The number of aromatic nitrogens is 1. The van der Waals surface area contributed by atoms with Crippen LogP contribution in [0, 0.1) is 18.2 Å². The lowest BCUT2D eigenvalue weighted by molar-refractivity contribution is -0.125. The summed E-state index contributed by atoms with van der Waals surface area (Å²) in [5, 5.41) is 0.761. The number of carbonyl (C=O) groups excluding carboxylic acids is 1. The van der Waals surface area contributed by atoms with Crippen LogP contribution in [-0.2, 0) is 11.3 Å². The summed E-state index contributed by atoms with van der Waals surface area (Å²) in [6.07, 6.45) is 8.53. The molecule has 2 aromatic carbocycles. The van der Waals surface area contributed by atoms with E-state index in [1.165, 1.54) is 34.4 Å². The van der Waals surface area contributed by atoms with Crippen molar-refractivity contribution in [3.63, 3.8) is 0 Å². The predicted octanol–water partition coefficient (Wildman–Crippen LogP) is 4.11. The molecule has 3 aromatic rings. The van der Waals surface area contributed by atoms with Crippen molar-refractivity contribution >= 4 is 33.5 Å². The molecule has 3 rings (SSSR count). The molecule has 0 radical (unpaired) electrons. The van der Waals surface area contributed by atoms with Crippen LogP contribution >= 0.6 is 11.3 Å². The molecular formula is C20H15FN2OS. The number of terminal acetylenes is 1. The molecule has 1 heterocycles. The van der Waals surface area contributed by atoms with Crippen molar-refractivity contribution in [2.45, 2.75) is 6.54 Å². The van der Waals surface area contributed by atoms with Crippen LogP contribution in [-0.4, -0.2) is 22.3 Å². The smallest absolute Gasteiger partial charge is 0.247 e. The first kappa shape index (κ1) is 16.9. The SMILES string of the molecule is C#CCN(Cc1ccc(F)cc1)C(=O)/C=C/c1nc2ccccc2s1. The van der Waals surface area contributed by atoms with E-state index in [9.17, 15) is 9.18 Å². The second kappa shape index (κ2) is 7.73. The average molecular weight is 350 g/mol. The van der Waals surface area contributed by atoms with Crippen molar-refractivity contribution in [2.75, 3.05) is 6.54 Å². The third-order valence-corrected chi connectivity index (χ3v) is 4.56. The van der Waals surface area contributed by atoms with E-state index < -0.39 is 0 Å². The van der Waals surface area contributed by atoms with E-state index in [0.717, 1.165) is 20.8 Å².